The lowest BCUT2D eigenvalue weighted by molar-refractivity contribution is -0.115. The summed E-state index contributed by atoms with van der Waals surface area (Å²) in [4.78, 5) is 24.5. The molecule has 0 bridgehead atoms. The van der Waals surface area contributed by atoms with E-state index in [0.717, 1.165) is 16.0 Å². The molecule has 0 saturated heterocycles. The molecule has 1 aromatic carbocycles. The van der Waals surface area contributed by atoms with Crippen molar-refractivity contribution in [2.45, 2.75) is 19.4 Å². The Morgan fingerprint density at radius 2 is 2.05 bits per heavy atom. The van der Waals surface area contributed by atoms with E-state index in [1.165, 1.54) is 11.3 Å². The number of thiophene rings is 1. The summed E-state index contributed by atoms with van der Waals surface area (Å²) in [7, 11) is 0. The average molecular weight is 317 g/mol. The number of carboxylic acid groups (broad SMARTS) is 1. The number of amides is 1. The highest BCUT2D eigenvalue weighted by Crippen LogP contribution is 2.36. The van der Waals surface area contributed by atoms with Gasteiger partial charge in [0.05, 0.1) is 25.2 Å². The van der Waals surface area contributed by atoms with Crippen LogP contribution in [0.2, 0.25) is 0 Å². The largest absolute Gasteiger partial charge is 0.478 e. The van der Waals surface area contributed by atoms with Gasteiger partial charge in [-0.15, -0.1) is 11.3 Å². The number of carbonyl (C=O) groups excluding carboxylic acids is 1. The van der Waals surface area contributed by atoms with Gasteiger partial charge in [-0.25, -0.2) is 4.79 Å². The molecule has 0 aliphatic carbocycles. The number of rotatable bonds is 4. The Morgan fingerprint density at radius 3 is 2.77 bits per heavy atom. The van der Waals surface area contributed by atoms with E-state index in [2.05, 4.69) is 5.32 Å². The third-order valence-electron chi connectivity index (χ3n) is 3.49. The summed E-state index contributed by atoms with van der Waals surface area (Å²) >= 11 is 1.29. The van der Waals surface area contributed by atoms with Crippen LogP contribution in [0.15, 0.2) is 30.3 Å². The first-order chi connectivity index (χ1) is 10.6. The molecule has 0 radical (unpaired) electrons. The molecule has 0 fully saturated rings. The fraction of sp³-hybridized carbons (Fsp3) is 0.250. The maximum Gasteiger partial charge on any atom is 0.339 e. The maximum absolute atomic E-state index is 12.1. The zero-order valence-electron chi connectivity index (χ0n) is 11.8. The van der Waals surface area contributed by atoms with Crippen LogP contribution in [-0.4, -0.2) is 23.6 Å². The molecule has 1 amide bonds. The lowest BCUT2D eigenvalue weighted by Gasteiger charge is -2.12. The van der Waals surface area contributed by atoms with E-state index in [0.29, 0.717) is 24.6 Å². The normalized spacial score (nSPS) is 13.5. The number of ether oxygens (including phenoxy) is 1. The predicted octanol–water partition coefficient (Wildman–Crippen LogP) is 2.70. The Bertz CT molecular complexity index is 708. The fourth-order valence-corrected chi connectivity index (χ4v) is 3.69. The number of nitrogens with one attached hydrogen (secondary N) is 1. The SMILES string of the molecule is O=C(Cc1ccccc1)Nc1sc2c(c1C(=O)O)CCOC2. The van der Waals surface area contributed by atoms with Crippen LogP contribution in [0, 0.1) is 0 Å². The Balaban J connectivity index is 1.81. The van der Waals surface area contributed by atoms with Crippen LogP contribution in [0.4, 0.5) is 5.00 Å². The highest BCUT2D eigenvalue weighted by Gasteiger charge is 2.26. The molecule has 1 aliphatic rings. The monoisotopic (exact) mass is 317 g/mol. The third-order valence-corrected chi connectivity index (χ3v) is 4.62. The zero-order chi connectivity index (χ0) is 15.5. The van der Waals surface area contributed by atoms with Crippen LogP contribution < -0.4 is 5.32 Å². The highest BCUT2D eigenvalue weighted by atomic mass is 32.1. The summed E-state index contributed by atoms with van der Waals surface area (Å²) in [5.41, 5.74) is 1.89. The summed E-state index contributed by atoms with van der Waals surface area (Å²) in [6, 6.07) is 9.35. The number of anilines is 1. The van der Waals surface area contributed by atoms with Crippen molar-refractivity contribution < 1.29 is 19.4 Å². The molecule has 0 unspecified atom stereocenters. The molecule has 22 heavy (non-hydrogen) atoms. The predicted molar refractivity (Wildman–Crippen MR) is 83.4 cm³/mol. The first-order valence-corrected chi connectivity index (χ1v) is 7.76. The van der Waals surface area contributed by atoms with Crippen LogP contribution in [0.5, 0.6) is 0 Å². The van der Waals surface area contributed by atoms with Gasteiger partial charge in [0.15, 0.2) is 0 Å². The minimum absolute atomic E-state index is 0.213. The lowest BCUT2D eigenvalue weighted by atomic mass is 10.1. The summed E-state index contributed by atoms with van der Waals surface area (Å²) in [6.45, 7) is 0.927. The number of hydrogen-bond acceptors (Lipinski definition) is 4. The van der Waals surface area contributed by atoms with Crippen molar-refractivity contribution in [3.8, 4) is 0 Å². The number of carboxylic acids is 1. The van der Waals surface area contributed by atoms with Crippen LogP contribution in [0.3, 0.4) is 0 Å². The summed E-state index contributed by atoms with van der Waals surface area (Å²) in [5, 5.41) is 12.6. The van der Waals surface area contributed by atoms with Crippen molar-refractivity contribution in [1.82, 2.24) is 0 Å². The van der Waals surface area contributed by atoms with Gasteiger partial charge in [-0.1, -0.05) is 30.3 Å². The first kappa shape index (κ1) is 14.7. The molecule has 114 valence electrons. The molecule has 2 heterocycles. The van der Waals surface area contributed by atoms with Crippen molar-refractivity contribution in [2.75, 3.05) is 11.9 Å². The number of benzene rings is 1. The van der Waals surface area contributed by atoms with Gasteiger partial charge in [0.1, 0.15) is 5.00 Å². The van der Waals surface area contributed by atoms with E-state index in [1.807, 2.05) is 30.3 Å². The molecule has 2 aromatic rings. The molecular weight excluding hydrogens is 302 g/mol. The topological polar surface area (TPSA) is 75.6 Å². The lowest BCUT2D eigenvalue weighted by Crippen LogP contribution is -2.16. The van der Waals surface area contributed by atoms with E-state index in [9.17, 15) is 14.7 Å². The Kier molecular flexibility index (Phi) is 4.22. The Morgan fingerprint density at radius 1 is 1.27 bits per heavy atom. The van der Waals surface area contributed by atoms with Crippen molar-refractivity contribution in [3.63, 3.8) is 0 Å². The molecule has 0 saturated carbocycles. The third kappa shape index (κ3) is 3.03. The van der Waals surface area contributed by atoms with Crippen LogP contribution in [-0.2, 0) is 29.0 Å². The van der Waals surface area contributed by atoms with Gasteiger partial charge in [0.25, 0.3) is 0 Å². The second-order valence-electron chi connectivity index (χ2n) is 5.03. The van der Waals surface area contributed by atoms with Gasteiger partial charge in [-0.05, 0) is 17.5 Å². The van der Waals surface area contributed by atoms with Gasteiger partial charge in [-0.2, -0.15) is 0 Å². The Labute approximate surface area is 131 Å². The van der Waals surface area contributed by atoms with Crippen molar-refractivity contribution in [1.29, 1.82) is 0 Å². The number of fused-ring (bicyclic) bond motifs is 1. The van der Waals surface area contributed by atoms with Crippen LogP contribution >= 0.6 is 11.3 Å². The van der Waals surface area contributed by atoms with Gasteiger partial charge in [-0.3, -0.25) is 4.79 Å². The van der Waals surface area contributed by atoms with E-state index < -0.39 is 5.97 Å². The molecule has 2 N–H and O–H groups in total. The first-order valence-electron chi connectivity index (χ1n) is 6.94. The van der Waals surface area contributed by atoms with Gasteiger partial charge >= 0.3 is 5.97 Å². The Hall–Kier alpha value is -2.18. The molecule has 0 atom stereocenters. The van der Waals surface area contributed by atoms with Gasteiger partial charge < -0.3 is 15.2 Å². The molecule has 1 aromatic heterocycles. The molecule has 6 heteroatoms. The molecular formula is C16H15NO4S. The number of aromatic carboxylic acids is 1. The van der Waals surface area contributed by atoms with Crippen LogP contribution in [0.25, 0.3) is 0 Å². The van der Waals surface area contributed by atoms with Crippen molar-refractivity contribution >= 4 is 28.2 Å². The van der Waals surface area contributed by atoms with E-state index >= 15 is 0 Å². The van der Waals surface area contributed by atoms with Gasteiger partial charge in [0, 0.05) is 4.88 Å². The second-order valence-corrected chi connectivity index (χ2v) is 6.13. The second kappa shape index (κ2) is 6.29. The molecule has 0 spiro atoms. The van der Waals surface area contributed by atoms with Crippen molar-refractivity contribution in [2.24, 2.45) is 0 Å². The van der Waals surface area contributed by atoms with E-state index in [-0.39, 0.29) is 17.9 Å². The smallest absolute Gasteiger partial charge is 0.339 e. The standard InChI is InChI=1S/C16H15NO4S/c18-13(8-10-4-2-1-3-5-10)17-15-14(16(19)20)11-6-7-21-9-12(11)22-15/h1-5H,6-9H2,(H,17,18)(H,19,20). The zero-order valence-corrected chi connectivity index (χ0v) is 12.6. The molecule has 3 rings (SSSR count). The van der Waals surface area contributed by atoms with Crippen molar-refractivity contribution in [3.05, 3.63) is 51.9 Å². The minimum atomic E-state index is -1.01. The fourth-order valence-electron chi connectivity index (χ4n) is 2.50. The minimum Gasteiger partial charge on any atom is -0.478 e. The average Bonchev–Trinajstić information content (AvgIpc) is 2.85. The summed E-state index contributed by atoms with van der Waals surface area (Å²) < 4.78 is 5.35. The van der Waals surface area contributed by atoms with Gasteiger partial charge in [0.2, 0.25) is 5.91 Å². The van der Waals surface area contributed by atoms with Crippen LogP contribution in [0.1, 0.15) is 26.4 Å². The summed E-state index contributed by atoms with van der Waals surface area (Å²) in [6.07, 6.45) is 0.793. The highest BCUT2D eigenvalue weighted by molar-refractivity contribution is 7.17. The molecule has 5 nitrogen and oxygen atoms in total. The maximum atomic E-state index is 12.1. The van der Waals surface area contributed by atoms with E-state index in [4.69, 9.17) is 4.74 Å². The number of hydrogen-bond donors (Lipinski definition) is 2. The molecule has 1 aliphatic heterocycles. The van der Waals surface area contributed by atoms with E-state index in [1.54, 1.807) is 0 Å². The summed E-state index contributed by atoms with van der Waals surface area (Å²) in [5.74, 6) is -1.22. The number of carbonyl (C=O) groups is 2. The quantitative estimate of drug-likeness (QED) is 0.909.